The van der Waals surface area contributed by atoms with Crippen molar-refractivity contribution in [1.29, 1.82) is 0 Å². The van der Waals surface area contributed by atoms with Crippen LogP contribution in [0, 0.1) is 5.82 Å². The second-order valence-corrected chi connectivity index (χ2v) is 6.35. The molecule has 1 unspecified atom stereocenters. The van der Waals surface area contributed by atoms with Gasteiger partial charge in [0.1, 0.15) is 11.4 Å². The molecule has 116 valence electrons. The molecule has 22 heavy (non-hydrogen) atoms. The summed E-state index contributed by atoms with van der Waals surface area (Å²) in [5.41, 5.74) is -0.356. The summed E-state index contributed by atoms with van der Waals surface area (Å²) >= 11 is 9.13. The molecule has 0 radical (unpaired) electrons. The number of benzene rings is 2. The highest BCUT2D eigenvalue weighted by molar-refractivity contribution is 9.10. The maximum Gasteiger partial charge on any atom is 0.251 e. The normalized spacial score (nSPS) is 13.5. The lowest BCUT2D eigenvalue weighted by Gasteiger charge is -2.24. The van der Waals surface area contributed by atoms with Gasteiger partial charge in [-0.3, -0.25) is 4.79 Å². The number of aliphatic hydroxyl groups is 1. The van der Waals surface area contributed by atoms with Gasteiger partial charge in [-0.1, -0.05) is 23.7 Å². The van der Waals surface area contributed by atoms with Gasteiger partial charge in [-0.15, -0.1) is 0 Å². The molecule has 0 aliphatic rings. The molecular weight excluding hydrogens is 373 g/mol. The first-order valence-corrected chi connectivity index (χ1v) is 7.68. The third-order valence-electron chi connectivity index (χ3n) is 3.24. The van der Waals surface area contributed by atoms with Gasteiger partial charge in [-0.05, 0) is 58.7 Å². The Morgan fingerprint density at radius 2 is 1.95 bits per heavy atom. The molecule has 0 fully saturated rings. The molecule has 0 aliphatic carbocycles. The summed E-state index contributed by atoms with van der Waals surface area (Å²) in [7, 11) is 0. The molecular formula is C16H14BrClFNO2. The Hall–Kier alpha value is -1.43. The van der Waals surface area contributed by atoms with E-state index in [-0.39, 0.29) is 18.3 Å². The molecule has 0 bridgehead atoms. The standard InChI is InChI=1S/C16H14BrClFNO2/c1-16(22,11-3-5-12(19)6-4-11)9-20-15(21)10-2-7-14(18)13(17)8-10/h2-8,22H,9H2,1H3,(H,20,21). The molecule has 3 nitrogen and oxygen atoms in total. The zero-order valence-corrected chi connectivity index (χ0v) is 14.1. The number of amides is 1. The Kier molecular flexibility index (Phi) is 5.21. The second kappa shape index (κ2) is 6.77. The number of hydrogen-bond acceptors (Lipinski definition) is 2. The molecule has 2 aromatic carbocycles. The van der Waals surface area contributed by atoms with Gasteiger partial charge in [0.05, 0.1) is 11.6 Å². The van der Waals surface area contributed by atoms with E-state index in [1.54, 1.807) is 25.1 Å². The van der Waals surface area contributed by atoms with E-state index >= 15 is 0 Å². The highest BCUT2D eigenvalue weighted by atomic mass is 79.9. The van der Waals surface area contributed by atoms with Crippen molar-refractivity contribution < 1.29 is 14.3 Å². The third kappa shape index (κ3) is 4.06. The van der Waals surface area contributed by atoms with Crippen LogP contribution in [0.15, 0.2) is 46.9 Å². The predicted octanol–water partition coefficient (Wildman–Crippen LogP) is 3.88. The molecule has 0 aromatic heterocycles. The maximum atomic E-state index is 12.9. The summed E-state index contributed by atoms with van der Waals surface area (Å²) in [5.74, 6) is -0.714. The molecule has 0 saturated heterocycles. The first kappa shape index (κ1) is 16.9. The number of rotatable bonds is 4. The SMILES string of the molecule is CC(O)(CNC(=O)c1ccc(Cl)c(Br)c1)c1ccc(F)cc1. The fraction of sp³-hybridized carbons (Fsp3) is 0.188. The first-order chi connectivity index (χ1) is 10.3. The van der Waals surface area contributed by atoms with E-state index in [9.17, 15) is 14.3 Å². The van der Waals surface area contributed by atoms with Crippen molar-refractivity contribution in [1.82, 2.24) is 5.32 Å². The van der Waals surface area contributed by atoms with Crippen LogP contribution in [-0.4, -0.2) is 17.6 Å². The van der Waals surface area contributed by atoms with E-state index in [1.807, 2.05) is 0 Å². The average molecular weight is 387 g/mol. The summed E-state index contributed by atoms with van der Waals surface area (Å²) in [4.78, 5) is 12.1. The summed E-state index contributed by atoms with van der Waals surface area (Å²) in [6.07, 6.45) is 0. The van der Waals surface area contributed by atoms with Gasteiger partial charge in [0, 0.05) is 10.0 Å². The fourth-order valence-corrected chi connectivity index (χ4v) is 2.40. The molecule has 0 spiro atoms. The number of hydrogen-bond donors (Lipinski definition) is 2. The summed E-state index contributed by atoms with van der Waals surface area (Å²) in [5, 5.41) is 13.6. The lowest BCUT2D eigenvalue weighted by molar-refractivity contribution is 0.0526. The Bertz CT molecular complexity index is 689. The lowest BCUT2D eigenvalue weighted by atomic mass is 9.96. The fourth-order valence-electron chi connectivity index (χ4n) is 1.90. The Morgan fingerprint density at radius 1 is 1.32 bits per heavy atom. The second-order valence-electron chi connectivity index (χ2n) is 5.09. The average Bonchev–Trinajstić information content (AvgIpc) is 2.48. The molecule has 6 heteroatoms. The van der Waals surface area contributed by atoms with Crippen molar-refractivity contribution in [2.45, 2.75) is 12.5 Å². The summed E-state index contributed by atoms with van der Waals surface area (Å²) < 4.78 is 13.5. The molecule has 0 heterocycles. The van der Waals surface area contributed by atoms with Crippen LogP contribution in [0.3, 0.4) is 0 Å². The molecule has 0 saturated carbocycles. The minimum atomic E-state index is -1.30. The molecule has 2 N–H and O–H groups in total. The van der Waals surface area contributed by atoms with Gasteiger partial charge < -0.3 is 10.4 Å². The van der Waals surface area contributed by atoms with Crippen LogP contribution in [-0.2, 0) is 5.60 Å². The van der Waals surface area contributed by atoms with Crippen molar-refractivity contribution in [3.05, 3.63) is 68.9 Å². The highest BCUT2D eigenvalue weighted by Crippen LogP contribution is 2.24. The topological polar surface area (TPSA) is 49.3 Å². The minimum absolute atomic E-state index is 0.00227. The monoisotopic (exact) mass is 385 g/mol. The van der Waals surface area contributed by atoms with E-state index in [4.69, 9.17) is 11.6 Å². The minimum Gasteiger partial charge on any atom is -0.384 e. The molecule has 1 atom stereocenters. The highest BCUT2D eigenvalue weighted by Gasteiger charge is 2.24. The van der Waals surface area contributed by atoms with Crippen molar-refractivity contribution in [3.8, 4) is 0 Å². The van der Waals surface area contributed by atoms with Gasteiger partial charge in [-0.2, -0.15) is 0 Å². The first-order valence-electron chi connectivity index (χ1n) is 6.51. The van der Waals surface area contributed by atoms with E-state index < -0.39 is 5.60 Å². The van der Waals surface area contributed by atoms with Crippen molar-refractivity contribution in [2.75, 3.05) is 6.54 Å². The van der Waals surface area contributed by atoms with E-state index in [1.165, 1.54) is 24.3 Å². The van der Waals surface area contributed by atoms with Crippen molar-refractivity contribution >= 4 is 33.4 Å². The number of nitrogens with one attached hydrogen (secondary N) is 1. The van der Waals surface area contributed by atoms with Gasteiger partial charge in [0.2, 0.25) is 0 Å². The number of halogens is 3. The van der Waals surface area contributed by atoms with Gasteiger partial charge in [-0.25, -0.2) is 4.39 Å². The van der Waals surface area contributed by atoms with Crippen LogP contribution in [0.25, 0.3) is 0 Å². The van der Waals surface area contributed by atoms with Crippen molar-refractivity contribution in [2.24, 2.45) is 0 Å². The van der Waals surface area contributed by atoms with E-state index in [0.717, 1.165) is 0 Å². The zero-order chi connectivity index (χ0) is 16.3. The molecule has 2 aromatic rings. The molecule has 1 amide bonds. The zero-order valence-electron chi connectivity index (χ0n) is 11.7. The van der Waals surface area contributed by atoms with Gasteiger partial charge in [0.25, 0.3) is 5.91 Å². The third-order valence-corrected chi connectivity index (χ3v) is 4.46. The summed E-state index contributed by atoms with van der Waals surface area (Å²) in [6.45, 7) is 1.55. The van der Waals surface area contributed by atoms with Crippen LogP contribution in [0.2, 0.25) is 5.02 Å². The van der Waals surface area contributed by atoms with Gasteiger partial charge >= 0.3 is 0 Å². The quantitative estimate of drug-likeness (QED) is 0.838. The Morgan fingerprint density at radius 3 is 2.55 bits per heavy atom. The predicted molar refractivity (Wildman–Crippen MR) is 87.5 cm³/mol. The molecule has 2 rings (SSSR count). The Labute approximate surface area is 141 Å². The number of carbonyl (C=O) groups is 1. The van der Waals surface area contributed by atoms with Gasteiger partial charge in [0.15, 0.2) is 0 Å². The lowest BCUT2D eigenvalue weighted by Crippen LogP contribution is -2.38. The smallest absolute Gasteiger partial charge is 0.251 e. The van der Waals surface area contributed by atoms with Crippen molar-refractivity contribution in [3.63, 3.8) is 0 Å². The van der Waals surface area contributed by atoms with E-state index in [2.05, 4.69) is 21.2 Å². The summed E-state index contributed by atoms with van der Waals surface area (Å²) in [6, 6.07) is 10.3. The number of carbonyl (C=O) groups excluding carboxylic acids is 1. The Balaban J connectivity index is 2.06. The maximum absolute atomic E-state index is 12.9. The van der Waals surface area contributed by atoms with Crippen LogP contribution >= 0.6 is 27.5 Å². The van der Waals surface area contributed by atoms with Crippen LogP contribution < -0.4 is 5.32 Å². The molecule has 0 aliphatic heterocycles. The van der Waals surface area contributed by atoms with E-state index in [0.29, 0.717) is 20.6 Å². The van der Waals surface area contributed by atoms with Crippen LogP contribution in [0.1, 0.15) is 22.8 Å². The van der Waals surface area contributed by atoms with Crippen LogP contribution in [0.4, 0.5) is 4.39 Å². The van der Waals surface area contributed by atoms with Crippen LogP contribution in [0.5, 0.6) is 0 Å². The largest absolute Gasteiger partial charge is 0.384 e.